The standard InChI is InChI=1S/C22H14O8/c23-19(24)13-7-3-1-5-11(13)17-15(21(27)28)9-10-16(22(29)30)18(17)12-6-2-4-8-14(12)20(25)26/h1-10H,(H,23,24)(H,25,26)(H,27,28)(H,29,30). The molecule has 0 unspecified atom stereocenters. The highest BCUT2D eigenvalue weighted by atomic mass is 16.4. The third-order valence-electron chi connectivity index (χ3n) is 4.52. The third-order valence-corrected chi connectivity index (χ3v) is 4.52. The molecule has 3 aromatic carbocycles. The number of hydrogen-bond acceptors (Lipinski definition) is 4. The normalized spacial score (nSPS) is 10.4. The SMILES string of the molecule is O=C(O)c1ccccc1-c1c(C(=O)O)ccc(C(=O)O)c1-c1ccccc1C(=O)O. The van der Waals surface area contributed by atoms with Gasteiger partial charge in [-0.05, 0) is 35.4 Å². The Morgan fingerprint density at radius 3 is 1.03 bits per heavy atom. The number of carbonyl (C=O) groups is 4. The predicted molar refractivity (Wildman–Crippen MR) is 105 cm³/mol. The fourth-order valence-electron chi connectivity index (χ4n) is 3.29. The quantitative estimate of drug-likeness (QED) is 0.483. The lowest BCUT2D eigenvalue weighted by Crippen LogP contribution is -2.11. The summed E-state index contributed by atoms with van der Waals surface area (Å²) in [6, 6.07) is 13.2. The summed E-state index contributed by atoms with van der Waals surface area (Å²) in [5.41, 5.74) is -1.68. The van der Waals surface area contributed by atoms with E-state index in [9.17, 15) is 39.6 Å². The van der Waals surface area contributed by atoms with Gasteiger partial charge in [-0.1, -0.05) is 36.4 Å². The van der Waals surface area contributed by atoms with E-state index in [-0.39, 0.29) is 44.5 Å². The summed E-state index contributed by atoms with van der Waals surface area (Å²) < 4.78 is 0. The van der Waals surface area contributed by atoms with Gasteiger partial charge in [-0.2, -0.15) is 0 Å². The molecule has 0 spiro atoms. The van der Waals surface area contributed by atoms with Gasteiger partial charge in [0.2, 0.25) is 0 Å². The van der Waals surface area contributed by atoms with Gasteiger partial charge in [0, 0.05) is 11.1 Å². The summed E-state index contributed by atoms with van der Waals surface area (Å²) in [6.45, 7) is 0. The molecule has 0 radical (unpaired) electrons. The Labute approximate surface area is 169 Å². The van der Waals surface area contributed by atoms with Gasteiger partial charge in [0.25, 0.3) is 0 Å². The van der Waals surface area contributed by atoms with Crippen molar-refractivity contribution in [3.8, 4) is 22.3 Å². The molecule has 0 aliphatic carbocycles. The van der Waals surface area contributed by atoms with Crippen molar-refractivity contribution >= 4 is 23.9 Å². The Hall–Kier alpha value is -4.46. The van der Waals surface area contributed by atoms with Crippen molar-refractivity contribution in [2.24, 2.45) is 0 Å². The lowest BCUT2D eigenvalue weighted by atomic mass is 9.83. The molecular formula is C22H14O8. The first-order chi connectivity index (χ1) is 14.2. The number of aromatic carboxylic acids is 4. The zero-order valence-electron chi connectivity index (χ0n) is 15.2. The van der Waals surface area contributed by atoms with Crippen LogP contribution in [0.2, 0.25) is 0 Å². The van der Waals surface area contributed by atoms with Crippen LogP contribution in [-0.2, 0) is 0 Å². The van der Waals surface area contributed by atoms with Gasteiger partial charge in [-0.25, -0.2) is 19.2 Å². The van der Waals surface area contributed by atoms with E-state index >= 15 is 0 Å². The van der Waals surface area contributed by atoms with Crippen LogP contribution in [-0.4, -0.2) is 44.3 Å². The molecule has 3 rings (SSSR count). The minimum absolute atomic E-state index is 0.0410. The number of benzene rings is 3. The molecule has 0 aromatic heterocycles. The lowest BCUT2D eigenvalue weighted by Gasteiger charge is -2.19. The Balaban J connectivity index is 2.59. The van der Waals surface area contributed by atoms with Gasteiger partial charge in [0.15, 0.2) is 0 Å². The lowest BCUT2D eigenvalue weighted by molar-refractivity contribution is 0.0681. The van der Waals surface area contributed by atoms with Crippen LogP contribution in [0.1, 0.15) is 41.4 Å². The van der Waals surface area contributed by atoms with Crippen LogP contribution < -0.4 is 0 Å². The van der Waals surface area contributed by atoms with E-state index in [2.05, 4.69) is 0 Å². The molecule has 8 heteroatoms. The first-order valence-corrected chi connectivity index (χ1v) is 8.53. The van der Waals surface area contributed by atoms with Crippen molar-refractivity contribution in [3.63, 3.8) is 0 Å². The molecule has 0 aliphatic rings. The predicted octanol–water partition coefficient (Wildman–Crippen LogP) is 3.81. The molecule has 0 amide bonds. The van der Waals surface area contributed by atoms with Gasteiger partial charge < -0.3 is 20.4 Å². The summed E-state index contributed by atoms with van der Waals surface area (Å²) in [5.74, 6) is -5.53. The second-order valence-electron chi connectivity index (χ2n) is 6.22. The number of hydrogen-bond donors (Lipinski definition) is 4. The van der Waals surface area contributed by atoms with Crippen molar-refractivity contribution in [1.29, 1.82) is 0 Å². The summed E-state index contributed by atoms with van der Waals surface area (Å²) >= 11 is 0. The van der Waals surface area contributed by atoms with E-state index < -0.39 is 23.9 Å². The fourth-order valence-corrected chi connectivity index (χ4v) is 3.29. The molecule has 0 fully saturated rings. The van der Waals surface area contributed by atoms with Crippen LogP contribution in [0.4, 0.5) is 0 Å². The second-order valence-corrected chi connectivity index (χ2v) is 6.22. The van der Waals surface area contributed by atoms with Gasteiger partial charge in [0.1, 0.15) is 0 Å². The minimum Gasteiger partial charge on any atom is -0.478 e. The average molecular weight is 406 g/mol. The van der Waals surface area contributed by atoms with Crippen molar-refractivity contribution in [2.75, 3.05) is 0 Å². The molecule has 4 N–H and O–H groups in total. The number of carboxylic acids is 4. The van der Waals surface area contributed by atoms with Crippen LogP contribution in [0.25, 0.3) is 22.3 Å². The van der Waals surface area contributed by atoms with Gasteiger partial charge >= 0.3 is 23.9 Å². The molecule has 8 nitrogen and oxygen atoms in total. The summed E-state index contributed by atoms with van der Waals surface area (Å²) in [4.78, 5) is 47.4. The van der Waals surface area contributed by atoms with E-state index in [4.69, 9.17) is 0 Å². The highest BCUT2D eigenvalue weighted by molar-refractivity contribution is 6.12. The number of carboxylic acid groups (broad SMARTS) is 4. The zero-order valence-corrected chi connectivity index (χ0v) is 15.2. The third kappa shape index (κ3) is 3.49. The van der Waals surface area contributed by atoms with Gasteiger partial charge in [-0.3, -0.25) is 0 Å². The van der Waals surface area contributed by atoms with Gasteiger partial charge in [-0.15, -0.1) is 0 Å². The summed E-state index contributed by atoms with van der Waals surface area (Å²) in [5, 5.41) is 38.6. The van der Waals surface area contributed by atoms with Crippen molar-refractivity contribution in [1.82, 2.24) is 0 Å². The van der Waals surface area contributed by atoms with Gasteiger partial charge in [0.05, 0.1) is 22.3 Å². The Morgan fingerprint density at radius 2 is 0.733 bits per heavy atom. The largest absolute Gasteiger partial charge is 0.478 e. The Kier molecular flexibility index (Phi) is 5.33. The van der Waals surface area contributed by atoms with E-state index in [1.807, 2.05) is 0 Å². The minimum atomic E-state index is -1.42. The molecular weight excluding hydrogens is 392 g/mol. The van der Waals surface area contributed by atoms with Crippen LogP contribution in [0, 0.1) is 0 Å². The topological polar surface area (TPSA) is 149 Å². The summed E-state index contributed by atoms with van der Waals surface area (Å²) in [6.07, 6.45) is 0. The van der Waals surface area contributed by atoms with Crippen molar-refractivity contribution < 1.29 is 39.6 Å². The number of rotatable bonds is 6. The molecule has 3 aromatic rings. The van der Waals surface area contributed by atoms with Crippen molar-refractivity contribution in [3.05, 3.63) is 82.9 Å². The molecule has 0 atom stereocenters. The van der Waals surface area contributed by atoms with E-state index in [1.54, 1.807) is 0 Å². The zero-order chi connectivity index (χ0) is 22.0. The molecule has 150 valence electrons. The second kappa shape index (κ2) is 7.88. The van der Waals surface area contributed by atoms with Crippen LogP contribution >= 0.6 is 0 Å². The monoisotopic (exact) mass is 406 g/mol. The maximum atomic E-state index is 11.9. The summed E-state index contributed by atoms with van der Waals surface area (Å²) in [7, 11) is 0. The van der Waals surface area contributed by atoms with E-state index in [0.29, 0.717) is 0 Å². The smallest absolute Gasteiger partial charge is 0.336 e. The molecule has 0 saturated heterocycles. The van der Waals surface area contributed by atoms with Crippen LogP contribution in [0.3, 0.4) is 0 Å². The fraction of sp³-hybridized carbons (Fsp3) is 0. The Bertz CT molecular complexity index is 1120. The van der Waals surface area contributed by atoms with Crippen LogP contribution in [0.5, 0.6) is 0 Å². The first kappa shape index (κ1) is 20.3. The van der Waals surface area contributed by atoms with E-state index in [1.165, 1.54) is 48.5 Å². The molecule has 30 heavy (non-hydrogen) atoms. The first-order valence-electron chi connectivity index (χ1n) is 8.53. The van der Waals surface area contributed by atoms with E-state index in [0.717, 1.165) is 12.1 Å². The van der Waals surface area contributed by atoms with Crippen LogP contribution in [0.15, 0.2) is 60.7 Å². The molecule has 0 aliphatic heterocycles. The maximum absolute atomic E-state index is 11.9. The maximum Gasteiger partial charge on any atom is 0.336 e. The van der Waals surface area contributed by atoms with Crippen molar-refractivity contribution in [2.45, 2.75) is 0 Å². The Morgan fingerprint density at radius 1 is 0.433 bits per heavy atom. The highest BCUT2D eigenvalue weighted by Gasteiger charge is 2.28. The highest BCUT2D eigenvalue weighted by Crippen LogP contribution is 2.41. The molecule has 0 bridgehead atoms. The molecule has 0 saturated carbocycles. The molecule has 0 heterocycles. The average Bonchev–Trinajstić information content (AvgIpc) is 2.72.